The van der Waals surface area contributed by atoms with Crippen molar-refractivity contribution in [2.45, 2.75) is 143 Å². The summed E-state index contributed by atoms with van der Waals surface area (Å²) < 4.78 is 22.4. The van der Waals surface area contributed by atoms with Crippen molar-refractivity contribution in [2.75, 3.05) is 13.2 Å². The third-order valence-electron chi connectivity index (χ3n) is 9.62. The number of unbranched alkanes of at least 4 members (excludes halogenated alkanes) is 12. The smallest absolute Gasteiger partial charge is 0.343 e. The van der Waals surface area contributed by atoms with Crippen LogP contribution in [0.25, 0.3) is 0 Å². The predicted molar refractivity (Wildman–Crippen MR) is 231 cm³/mol. The molecule has 304 valence electrons. The van der Waals surface area contributed by atoms with Gasteiger partial charge in [0.1, 0.15) is 23.0 Å². The average Bonchev–Trinajstić information content (AvgIpc) is 3.22. The van der Waals surface area contributed by atoms with Crippen LogP contribution in [-0.4, -0.2) is 25.2 Å². The van der Waals surface area contributed by atoms with Gasteiger partial charge in [-0.2, -0.15) is 0 Å². The molecule has 0 saturated carbocycles. The Morgan fingerprint density at radius 1 is 0.357 bits per heavy atom. The number of hydrogen-bond donors (Lipinski definition) is 0. The number of benzene rings is 4. The van der Waals surface area contributed by atoms with Gasteiger partial charge in [0.05, 0.1) is 24.3 Å². The fourth-order valence-corrected chi connectivity index (χ4v) is 6.10. The molecule has 0 saturated heterocycles. The molecule has 0 spiro atoms. The molecule has 0 fully saturated rings. The van der Waals surface area contributed by atoms with Crippen LogP contribution in [0.5, 0.6) is 23.0 Å². The lowest BCUT2D eigenvalue weighted by Crippen LogP contribution is -2.08. The van der Waals surface area contributed by atoms with Crippen molar-refractivity contribution in [3.8, 4) is 23.0 Å². The molecule has 4 rings (SSSR count). The van der Waals surface area contributed by atoms with E-state index in [0.717, 1.165) is 50.4 Å². The van der Waals surface area contributed by atoms with Crippen molar-refractivity contribution in [3.63, 3.8) is 0 Å². The van der Waals surface area contributed by atoms with Gasteiger partial charge in [-0.25, -0.2) is 9.59 Å². The number of rotatable bonds is 26. The van der Waals surface area contributed by atoms with Crippen molar-refractivity contribution >= 4 is 11.9 Å². The lowest BCUT2D eigenvalue weighted by atomic mass is 10.1. The van der Waals surface area contributed by atoms with Gasteiger partial charge >= 0.3 is 11.9 Å². The Bertz CT molecular complexity index is 1470. The summed E-state index contributed by atoms with van der Waals surface area (Å²) >= 11 is 0. The highest BCUT2D eigenvalue weighted by Gasteiger charge is 2.10. The van der Waals surface area contributed by atoms with Crippen molar-refractivity contribution < 1.29 is 28.5 Å². The Morgan fingerprint density at radius 2 is 0.661 bits per heavy atom. The van der Waals surface area contributed by atoms with E-state index in [1.165, 1.54) is 101 Å². The normalized spacial score (nSPS) is 10.6. The van der Waals surface area contributed by atoms with Crippen LogP contribution in [0.3, 0.4) is 0 Å². The van der Waals surface area contributed by atoms with Gasteiger partial charge in [-0.15, -0.1) is 0 Å². The average molecular weight is 765 g/mol. The van der Waals surface area contributed by atoms with Crippen LogP contribution in [0.1, 0.15) is 162 Å². The molecule has 56 heavy (non-hydrogen) atoms. The number of esters is 2. The highest BCUT2D eigenvalue weighted by atomic mass is 16.5. The summed E-state index contributed by atoms with van der Waals surface area (Å²) in [5.74, 6) is 2.06. The second-order valence-electron chi connectivity index (χ2n) is 14.6. The summed E-state index contributed by atoms with van der Waals surface area (Å²) in [5, 5.41) is 0. The fraction of sp³-hybridized carbons (Fsp3) is 0.480. The Labute approximate surface area is 338 Å². The Balaban J connectivity index is 0.000000300. The van der Waals surface area contributed by atoms with Gasteiger partial charge < -0.3 is 18.9 Å². The van der Waals surface area contributed by atoms with Crippen LogP contribution < -0.4 is 18.9 Å². The van der Waals surface area contributed by atoms with Crippen LogP contribution in [-0.2, 0) is 12.8 Å². The predicted octanol–water partition coefficient (Wildman–Crippen LogP) is 14.0. The van der Waals surface area contributed by atoms with E-state index in [9.17, 15) is 9.59 Å². The highest BCUT2D eigenvalue weighted by Crippen LogP contribution is 2.20. The topological polar surface area (TPSA) is 71.1 Å². The lowest BCUT2D eigenvalue weighted by molar-refractivity contribution is 0.0725. The van der Waals surface area contributed by atoms with Gasteiger partial charge in [0.2, 0.25) is 0 Å². The molecular formula is C50H68O6. The number of carbonyl (C=O) groups excluding carboxylic acids is 2. The first-order valence-corrected chi connectivity index (χ1v) is 21.5. The Kier molecular flexibility index (Phi) is 23.5. The highest BCUT2D eigenvalue weighted by molar-refractivity contribution is 5.91. The van der Waals surface area contributed by atoms with Crippen LogP contribution >= 0.6 is 0 Å². The van der Waals surface area contributed by atoms with E-state index >= 15 is 0 Å². The SMILES string of the molecule is CCCCCCCOc1ccc(C(=O)Oc2ccc(CCCCC)cc2)cc1.CCCCCCCOc1ccc(C(=O)Oc2ccc(CCCCC)cc2)cc1. The molecule has 4 aromatic rings. The molecule has 0 amide bonds. The molecule has 0 unspecified atom stereocenters. The first-order valence-electron chi connectivity index (χ1n) is 21.5. The summed E-state index contributed by atoms with van der Waals surface area (Å²) in [5.41, 5.74) is 3.62. The molecule has 0 aliphatic rings. The molecule has 0 bridgehead atoms. The standard InChI is InChI=1S/2C25H34O3/c2*1-3-5-7-8-10-20-27-23-18-14-22(15-19-23)25(26)28-24-16-12-21(13-17-24)11-9-6-4-2/h2*12-19H,3-11,20H2,1-2H3. The quantitative estimate of drug-likeness (QED) is 0.0360. The summed E-state index contributed by atoms with van der Waals surface area (Å²) in [7, 11) is 0. The van der Waals surface area contributed by atoms with Crippen LogP contribution in [0, 0.1) is 0 Å². The van der Waals surface area contributed by atoms with Crippen LogP contribution in [0.2, 0.25) is 0 Å². The molecule has 4 aromatic carbocycles. The van der Waals surface area contributed by atoms with Gasteiger partial charge in [0.25, 0.3) is 0 Å². The third kappa shape index (κ3) is 19.3. The molecule has 0 N–H and O–H groups in total. The minimum atomic E-state index is -0.343. The van der Waals surface area contributed by atoms with E-state index < -0.39 is 0 Å². The molecule has 0 aromatic heterocycles. The minimum Gasteiger partial charge on any atom is -0.494 e. The maximum absolute atomic E-state index is 12.3. The van der Waals surface area contributed by atoms with Gasteiger partial charge in [-0.3, -0.25) is 0 Å². The zero-order chi connectivity index (χ0) is 40.1. The van der Waals surface area contributed by atoms with Gasteiger partial charge in [0, 0.05) is 0 Å². The monoisotopic (exact) mass is 765 g/mol. The zero-order valence-electron chi connectivity index (χ0n) is 34.8. The van der Waals surface area contributed by atoms with E-state index in [-0.39, 0.29) is 11.9 Å². The number of hydrogen-bond acceptors (Lipinski definition) is 6. The maximum atomic E-state index is 12.3. The molecule has 0 aliphatic carbocycles. The second-order valence-corrected chi connectivity index (χ2v) is 14.6. The lowest BCUT2D eigenvalue weighted by Gasteiger charge is -2.08. The fourth-order valence-electron chi connectivity index (χ4n) is 6.10. The molecule has 0 atom stereocenters. The van der Waals surface area contributed by atoms with Crippen molar-refractivity contribution in [2.24, 2.45) is 0 Å². The number of ether oxygens (including phenoxy) is 4. The van der Waals surface area contributed by atoms with Crippen molar-refractivity contribution in [3.05, 3.63) is 119 Å². The van der Waals surface area contributed by atoms with Gasteiger partial charge in [-0.05, 0) is 122 Å². The number of carbonyl (C=O) groups is 2. The summed E-state index contributed by atoms with van der Waals surface area (Å²) in [6.07, 6.45) is 21.6. The molecular weight excluding hydrogens is 697 g/mol. The van der Waals surface area contributed by atoms with E-state index in [1.54, 1.807) is 24.3 Å². The van der Waals surface area contributed by atoms with E-state index in [0.29, 0.717) is 22.6 Å². The Morgan fingerprint density at radius 3 is 1.00 bits per heavy atom. The maximum Gasteiger partial charge on any atom is 0.343 e. The molecule has 0 heterocycles. The summed E-state index contributed by atoms with van der Waals surface area (Å²) in [6.45, 7) is 10.3. The first-order chi connectivity index (χ1) is 27.4. The van der Waals surface area contributed by atoms with Gasteiger partial charge in [-0.1, -0.05) is 129 Å². The van der Waals surface area contributed by atoms with Crippen LogP contribution in [0.15, 0.2) is 97.1 Å². The zero-order valence-corrected chi connectivity index (χ0v) is 34.8. The summed E-state index contributed by atoms with van der Waals surface area (Å²) in [6, 6.07) is 30.0. The molecule has 6 nitrogen and oxygen atoms in total. The largest absolute Gasteiger partial charge is 0.494 e. The minimum absolute atomic E-state index is 0.343. The second kappa shape index (κ2) is 28.8. The first kappa shape index (κ1) is 45.8. The molecule has 6 heteroatoms. The molecule has 0 aliphatic heterocycles. The van der Waals surface area contributed by atoms with Crippen molar-refractivity contribution in [1.29, 1.82) is 0 Å². The van der Waals surface area contributed by atoms with E-state index in [1.807, 2.05) is 72.8 Å². The van der Waals surface area contributed by atoms with Crippen LogP contribution in [0.4, 0.5) is 0 Å². The number of aryl methyl sites for hydroxylation is 2. The van der Waals surface area contributed by atoms with Crippen molar-refractivity contribution in [1.82, 2.24) is 0 Å². The molecule has 0 radical (unpaired) electrons. The van der Waals surface area contributed by atoms with E-state index in [2.05, 4.69) is 27.7 Å². The third-order valence-corrected chi connectivity index (χ3v) is 9.62. The summed E-state index contributed by atoms with van der Waals surface area (Å²) in [4.78, 5) is 24.6. The van der Waals surface area contributed by atoms with Gasteiger partial charge in [0.15, 0.2) is 0 Å². The Hall–Kier alpha value is -4.58. The van der Waals surface area contributed by atoms with E-state index in [4.69, 9.17) is 18.9 Å².